The van der Waals surface area contributed by atoms with Crippen LogP contribution in [0.1, 0.15) is 31.4 Å². The average Bonchev–Trinajstić information content (AvgIpc) is 3.14. The number of anilines is 1. The topological polar surface area (TPSA) is 37.8 Å². The fourth-order valence-electron chi connectivity index (χ4n) is 1.92. The molecule has 3 nitrogen and oxygen atoms in total. The molecule has 1 fully saturated rings. The average molecular weight is 406 g/mol. The Morgan fingerprint density at radius 1 is 1.42 bits per heavy atom. The Bertz CT molecular complexity index is 610. The van der Waals surface area contributed by atoms with E-state index in [1.165, 1.54) is 29.9 Å². The minimum absolute atomic E-state index is 0.612. The predicted molar refractivity (Wildman–Crippen MR) is 89.2 cm³/mol. The molecule has 0 atom stereocenters. The summed E-state index contributed by atoms with van der Waals surface area (Å²) in [5.41, 5.74) is 1.19. The van der Waals surface area contributed by atoms with Gasteiger partial charge in [-0.05, 0) is 54.5 Å². The zero-order valence-corrected chi connectivity index (χ0v) is 14.1. The van der Waals surface area contributed by atoms with Crippen molar-refractivity contribution >= 4 is 51.3 Å². The smallest absolute Gasteiger partial charge is 0.171 e. The van der Waals surface area contributed by atoms with Gasteiger partial charge in [0.05, 0.1) is 18.5 Å². The molecule has 0 aromatic carbocycles. The molecular formula is C13H13ClIN3S. The molecule has 0 unspecified atom stereocenters. The van der Waals surface area contributed by atoms with Crippen LogP contribution in [-0.4, -0.2) is 16.5 Å². The number of rotatable bonds is 4. The van der Waals surface area contributed by atoms with Gasteiger partial charge in [0, 0.05) is 12.5 Å². The Balaban J connectivity index is 2.08. The molecule has 100 valence electrons. The van der Waals surface area contributed by atoms with Gasteiger partial charge in [-0.15, -0.1) is 11.3 Å². The normalized spacial score (nSPS) is 14.7. The van der Waals surface area contributed by atoms with Gasteiger partial charge in [0.25, 0.3) is 0 Å². The predicted octanol–water partition coefficient (Wildman–Crippen LogP) is 4.77. The van der Waals surface area contributed by atoms with E-state index < -0.39 is 0 Å². The van der Waals surface area contributed by atoms with E-state index in [1.807, 2.05) is 12.1 Å². The number of hydrogen-bond donors (Lipinski definition) is 1. The minimum atomic E-state index is 0.612. The molecule has 2 aromatic rings. The maximum absolute atomic E-state index is 6.00. The van der Waals surface area contributed by atoms with Gasteiger partial charge < -0.3 is 5.32 Å². The van der Waals surface area contributed by atoms with Gasteiger partial charge in [0.15, 0.2) is 5.82 Å². The van der Waals surface area contributed by atoms with Crippen molar-refractivity contribution in [1.82, 2.24) is 9.97 Å². The maximum Gasteiger partial charge on any atom is 0.171 e. The van der Waals surface area contributed by atoms with Crippen molar-refractivity contribution in [2.75, 3.05) is 11.9 Å². The molecule has 0 bridgehead atoms. The van der Waals surface area contributed by atoms with Crippen LogP contribution >= 0.6 is 45.5 Å². The monoisotopic (exact) mass is 405 g/mol. The van der Waals surface area contributed by atoms with Gasteiger partial charge in [-0.2, -0.15) is 0 Å². The van der Waals surface area contributed by atoms with Crippen LogP contribution in [0.25, 0.3) is 10.7 Å². The molecular weight excluding hydrogens is 393 g/mol. The highest BCUT2D eigenvalue weighted by molar-refractivity contribution is 14.1. The van der Waals surface area contributed by atoms with Crippen molar-refractivity contribution in [3.63, 3.8) is 0 Å². The maximum atomic E-state index is 6.00. The van der Waals surface area contributed by atoms with Crippen LogP contribution in [0.4, 0.5) is 5.82 Å². The fraction of sp³-hybridized carbons (Fsp3) is 0.385. The summed E-state index contributed by atoms with van der Waals surface area (Å²) in [4.78, 5) is 10.4. The number of nitrogens with zero attached hydrogens (tertiary/aromatic N) is 2. The Labute approximate surface area is 135 Å². The summed E-state index contributed by atoms with van der Waals surface area (Å²) in [6.07, 6.45) is 2.48. The van der Waals surface area contributed by atoms with Crippen LogP contribution < -0.4 is 5.32 Å². The first-order chi connectivity index (χ1) is 9.19. The van der Waals surface area contributed by atoms with E-state index in [0.29, 0.717) is 5.92 Å². The van der Waals surface area contributed by atoms with E-state index in [0.717, 1.165) is 31.0 Å². The van der Waals surface area contributed by atoms with Crippen molar-refractivity contribution in [2.24, 2.45) is 0 Å². The molecule has 1 N–H and O–H groups in total. The second kappa shape index (κ2) is 5.54. The van der Waals surface area contributed by atoms with E-state index in [4.69, 9.17) is 16.6 Å². The second-order valence-electron chi connectivity index (χ2n) is 4.50. The molecule has 1 aliphatic rings. The number of aromatic nitrogens is 2. The molecule has 1 aliphatic carbocycles. The van der Waals surface area contributed by atoms with Crippen molar-refractivity contribution in [2.45, 2.75) is 25.7 Å². The Morgan fingerprint density at radius 2 is 2.21 bits per heavy atom. The minimum Gasteiger partial charge on any atom is -0.369 e. The number of halogens is 2. The van der Waals surface area contributed by atoms with Gasteiger partial charge in [0.2, 0.25) is 0 Å². The van der Waals surface area contributed by atoms with E-state index >= 15 is 0 Å². The van der Waals surface area contributed by atoms with Gasteiger partial charge in [-0.1, -0.05) is 11.6 Å². The Kier molecular flexibility index (Phi) is 3.96. The van der Waals surface area contributed by atoms with Crippen molar-refractivity contribution in [1.29, 1.82) is 0 Å². The van der Waals surface area contributed by atoms with Crippen LogP contribution in [0.5, 0.6) is 0 Å². The first-order valence-electron chi connectivity index (χ1n) is 6.26. The molecule has 0 spiro atoms. The summed E-state index contributed by atoms with van der Waals surface area (Å²) >= 11 is 9.88. The number of thiophene rings is 1. The lowest BCUT2D eigenvalue weighted by Crippen LogP contribution is -2.07. The summed E-state index contributed by atoms with van der Waals surface area (Å²) in [5, 5.41) is 3.33. The third-order valence-electron chi connectivity index (χ3n) is 2.98. The zero-order valence-electron chi connectivity index (χ0n) is 10.4. The largest absolute Gasteiger partial charge is 0.369 e. The highest BCUT2D eigenvalue weighted by Crippen LogP contribution is 2.43. The molecule has 1 saturated carbocycles. The Morgan fingerprint density at radius 3 is 2.79 bits per heavy atom. The summed E-state index contributed by atoms with van der Waals surface area (Å²) in [6, 6.07) is 3.88. The standard InChI is InChI=1S/C13H13ClIN3S/c1-2-16-13-10(15)11(7-3-4-7)17-12(18-13)8-5-6-9(14)19-8/h5-7H,2-4H2,1H3,(H,16,17,18). The molecule has 0 radical (unpaired) electrons. The van der Waals surface area contributed by atoms with E-state index in [2.05, 4.69) is 39.8 Å². The van der Waals surface area contributed by atoms with Gasteiger partial charge >= 0.3 is 0 Å². The third-order valence-corrected chi connectivity index (χ3v) is 5.27. The quantitative estimate of drug-likeness (QED) is 0.744. The SMILES string of the molecule is CCNc1nc(-c2ccc(Cl)s2)nc(C2CC2)c1I. The summed E-state index contributed by atoms with van der Waals surface area (Å²) in [5.74, 6) is 2.34. The lowest BCUT2D eigenvalue weighted by molar-refractivity contribution is 0.974. The highest BCUT2D eigenvalue weighted by atomic mass is 127. The van der Waals surface area contributed by atoms with Gasteiger partial charge in [-0.3, -0.25) is 0 Å². The lowest BCUT2D eigenvalue weighted by atomic mass is 10.2. The summed E-state index contributed by atoms with van der Waals surface area (Å²) in [7, 11) is 0. The van der Waals surface area contributed by atoms with Crippen LogP contribution in [0.2, 0.25) is 4.34 Å². The van der Waals surface area contributed by atoms with Crippen LogP contribution in [0.3, 0.4) is 0 Å². The summed E-state index contributed by atoms with van der Waals surface area (Å²) in [6.45, 7) is 2.94. The number of nitrogens with one attached hydrogen (secondary N) is 1. The lowest BCUT2D eigenvalue weighted by Gasteiger charge is -2.11. The fourth-order valence-corrected chi connectivity index (χ4v) is 3.77. The van der Waals surface area contributed by atoms with E-state index in [1.54, 1.807) is 0 Å². The molecule has 2 heterocycles. The van der Waals surface area contributed by atoms with E-state index in [9.17, 15) is 0 Å². The molecule has 0 saturated heterocycles. The van der Waals surface area contributed by atoms with Crippen LogP contribution in [-0.2, 0) is 0 Å². The molecule has 0 amide bonds. The third kappa shape index (κ3) is 2.87. The van der Waals surface area contributed by atoms with Gasteiger partial charge in [0.1, 0.15) is 5.82 Å². The zero-order chi connectivity index (χ0) is 13.4. The highest BCUT2D eigenvalue weighted by Gasteiger charge is 2.29. The Hall–Kier alpha value is -0.400. The van der Waals surface area contributed by atoms with Crippen molar-refractivity contribution < 1.29 is 0 Å². The van der Waals surface area contributed by atoms with Gasteiger partial charge in [-0.25, -0.2) is 9.97 Å². The first kappa shape index (κ1) is 13.6. The summed E-state index contributed by atoms with van der Waals surface area (Å²) < 4.78 is 1.93. The molecule has 19 heavy (non-hydrogen) atoms. The van der Waals surface area contributed by atoms with Crippen molar-refractivity contribution in [3.05, 3.63) is 25.7 Å². The molecule has 2 aromatic heterocycles. The van der Waals surface area contributed by atoms with E-state index in [-0.39, 0.29) is 0 Å². The molecule has 3 rings (SSSR count). The first-order valence-corrected chi connectivity index (χ1v) is 8.53. The molecule has 6 heteroatoms. The van der Waals surface area contributed by atoms with Crippen LogP contribution in [0.15, 0.2) is 12.1 Å². The molecule has 0 aliphatic heterocycles. The van der Waals surface area contributed by atoms with Crippen molar-refractivity contribution in [3.8, 4) is 10.7 Å². The second-order valence-corrected chi connectivity index (χ2v) is 7.30. The van der Waals surface area contributed by atoms with Crippen LogP contribution in [0, 0.1) is 3.57 Å². The number of hydrogen-bond acceptors (Lipinski definition) is 4.